The van der Waals surface area contributed by atoms with Crippen molar-refractivity contribution in [3.63, 3.8) is 0 Å². The fourth-order valence-electron chi connectivity index (χ4n) is 3.35. The van der Waals surface area contributed by atoms with Gasteiger partial charge in [0.05, 0.1) is 32.3 Å². The number of hydrogen-bond donors (Lipinski definition) is 1. The summed E-state index contributed by atoms with van der Waals surface area (Å²) in [4.78, 5) is 35.0. The Labute approximate surface area is 208 Å². The van der Waals surface area contributed by atoms with Crippen molar-refractivity contribution in [2.45, 2.75) is 65.2 Å². The molecule has 1 saturated heterocycles. The summed E-state index contributed by atoms with van der Waals surface area (Å²) in [5, 5.41) is 0. The maximum Gasteiger partial charge on any atom is 0.474 e. The van der Waals surface area contributed by atoms with Gasteiger partial charge >= 0.3 is 19.8 Å². The predicted octanol–water partition coefficient (Wildman–Crippen LogP) is 2.92. The number of imidazole rings is 1. The van der Waals surface area contributed by atoms with Crippen LogP contribution in [-0.2, 0) is 37.2 Å². The van der Waals surface area contributed by atoms with E-state index in [1.807, 2.05) is 6.92 Å². The first kappa shape index (κ1) is 27.9. The van der Waals surface area contributed by atoms with Crippen molar-refractivity contribution in [2.24, 2.45) is 0 Å². The Balaban J connectivity index is 1.61. The average molecular weight is 529 g/mol. The molecule has 0 spiro atoms. The van der Waals surface area contributed by atoms with E-state index in [0.717, 1.165) is 6.42 Å². The van der Waals surface area contributed by atoms with Gasteiger partial charge in [-0.05, 0) is 19.3 Å². The Morgan fingerprint density at radius 3 is 2.67 bits per heavy atom. The maximum atomic E-state index is 13.1. The minimum atomic E-state index is -3.89. The molecule has 2 N–H and O–H groups in total. The molecular weight excluding hydrogens is 497 g/mol. The normalized spacial score (nSPS) is 19.3. The van der Waals surface area contributed by atoms with E-state index in [4.69, 9.17) is 33.5 Å². The third-order valence-electron chi connectivity index (χ3n) is 5.09. The second-order valence-corrected chi connectivity index (χ2v) is 9.60. The molecule has 3 rings (SSSR count). The highest BCUT2D eigenvalue weighted by molar-refractivity contribution is 7.48. The summed E-state index contributed by atoms with van der Waals surface area (Å²) in [5.74, 6) is -1.06. The first-order chi connectivity index (χ1) is 17.2. The molecule has 3 heterocycles. The molecule has 0 aromatic carbocycles. The molecule has 200 valence electrons. The summed E-state index contributed by atoms with van der Waals surface area (Å²) in [6, 6.07) is 0. The number of rotatable bonds is 14. The monoisotopic (exact) mass is 529 g/mol. The van der Waals surface area contributed by atoms with E-state index in [1.54, 1.807) is 11.5 Å². The SMILES string of the molecule is CCCCOP(=O)(OCCOC(=O)CC)OC[C@@H]1CC[C@H](n2cnc3c(OC(C)=O)nc(N)nc32)O1. The van der Waals surface area contributed by atoms with Crippen molar-refractivity contribution >= 4 is 36.9 Å². The molecule has 14 nitrogen and oxygen atoms in total. The number of anilines is 1. The standard InChI is InChI=1S/C21H32N5O9P/c1-4-6-9-31-36(29,32-11-10-30-17(28)5-2)33-12-15-7-8-16(35-15)26-13-23-18-19(26)24-21(22)25-20(18)34-14(3)27/h13,15-16H,4-12H2,1-3H3,(H2,22,24,25)/t15-,16+,36?/m0/s1. The summed E-state index contributed by atoms with van der Waals surface area (Å²) >= 11 is 0. The first-order valence-corrected chi connectivity index (χ1v) is 13.2. The summed E-state index contributed by atoms with van der Waals surface area (Å²) in [5.41, 5.74) is 6.40. The quantitative estimate of drug-likeness (QED) is 0.215. The van der Waals surface area contributed by atoms with Crippen LogP contribution in [0.4, 0.5) is 5.95 Å². The molecule has 1 aliphatic rings. The fourth-order valence-corrected chi connectivity index (χ4v) is 4.58. The lowest BCUT2D eigenvalue weighted by Gasteiger charge is -2.20. The van der Waals surface area contributed by atoms with Crippen molar-refractivity contribution in [1.82, 2.24) is 19.5 Å². The van der Waals surface area contributed by atoms with Crippen molar-refractivity contribution in [3.8, 4) is 5.88 Å². The van der Waals surface area contributed by atoms with Crippen LogP contribution in [0.2, 0.25) is 0 Å². The van der Waals surface area contributed by atoms with E-state index in [2.05, 4.69) is 15.0 Å². The van der Waals surface area contributed by atoms with E-state index in [1.165, 1.54) is 13.3 Å². The van der Waals surface area contributed by atoms with Crippen LogP contribution in [0.1, 0.15) is 59.1 Å². The van der Waals surface area contributed by atoms with E-state index < -0.39 is 26.1 Å². The molecule has 1 aliphatic heterocycles. The lowest BCUT2D eigenvalue weighted by atomic mass is 10.2. The molecule has 2 aromatic rings. The number of nitrogens with two attached hydrogens (primary N) is 1. The van der Waals surface area contributed by atoms with Crippen LogP contribution in [0.25, 0.3) is 11.2 Å². The molecular formula is C21H32N5O9P. The number of unbranched alkanes of at least 4 members (excludes halogenated alkanes) is 1. The molecule has 15 heteroatoms. The van der Waals surface area contributed by atoms with E-state index >= 15 is 0 Å². The fraction of sp³-hybridized carbons (Fsp3) is 0.667. The highest BCUT2D eigenvalue weighted by atomic mass is 31.2. The largest absolute Gasteiger partial charge is 0.474 e. The topological polar surface area (TPSA) is 176 Å². The molecule has 2 aromatic heterocycles. The molecule has 1 unspecified atom stereocenters. The lowest BCUT2D eigenvalue weighted by Crippen LogP contribution is -2.18. The average Bonchev–Trinajstić information content (AvgIpc) is 3.47. The van der Waals surface area contributed by atoms with Crippen molar-refractivity contribution in [2.75, 3.05) is 32.2 Å². The predicted molar refractivity (Wildman–Crippen MR) is 126 cm³/mol. The summed E-state index contributed by atoms with van der Waals surface area (Å²) < 4.78 is 47.1. The van der Waals surface area contributed by atoms with Crippen LogP contribution in [0.3, 0.4) is 0 Å². The number of nitrogen functional groups attached to an aromatic ring is 1. The van der Waals surface area contributed by atoms with E-state index in [9.17, 15) is 14.2 Å². The van der Waals surface area contributed by atoms with Gasteiger partial charge in [0.1, 0.15) is 12.8 Å². The smallest absolute Gasteiger partial charge is 0.463 e. The van der Waals surface area contributed by atoms with Crippen LogP contribution in [-0.4, -0.2) is 64.0 Å². The molecule has 3 atom stereocenters. The van der Waals surface area contributed by atoms with Gasteiger partial charge in [0, 0.05) is 13.3 Å². The summed E-state index contributed by atoms with van der Waals surface area (Å²) in [6.45, 7) is 4.86. The number of phosphoric ester groups is 1. The second-order valence-electron chi connectivity index (χ2n) is 7.93. The van der Waals surface area contributed by atoms with Gasteiger partial charge in [0.15, 0.2) is 11.2 Å². The van der Waals surface area contributed by atoms with Gasteiger partial charge in [0.2, 0.25) is 5.95 Å². The Hall–Kier alpha value is -2.64. The number of esters is 2. The number of carbonyl (C=O) groups is 2. The number of ether oxygens (including phenoxy) is 3. The number of nitrogens with zero attached hydrogens (tertiary/aromatic N) is 4. The van der Waals surface area contributed by atoms with Gasteiger partial charge in [-0.15, -0.1) is 0 Å². The van der Waals surface area contributed by atoms with Crippen LogP contribution in [0, 0.1) is 0 Å². The van der Waals surface area contributed by atoms with Crippen LogP contribution in [0.5, 0.6) is 5.88 Å². The van der Waals surface area contributed by atoms with Crippen molar-refractivity contribution in [1.29, 1.82) is 0 Å². The van der Waals surface area contributed by atoms with E-state index in [0.29, 0.717) is 24.9 Å². The molecule has 0 saturated carbocycles. The highest BCUT2D eigenvalue weighted by Crippen LogP contribution is 2.50. The third-order valence-corrected chi connectivity index (χ3v) is 6.56. The highest BCUT2D eigenvalue weighted by Gasteiger charge is 2.33. The zero-order valence-corrected chi connectivity index (χ0v) is 21.5. The van der Waals surface area contributed by atoms with Gasteiger partial charge in [-0.3, -0.25) is 27.7 Å². The van der Waals surface area contributed by atoms with Gasteiger partial charge in [-0.2, -0.15) is 9.97 Å². The van der Waals surface area contributed by atoms with Gasteiger partial charge in [0.25, 0.3) is 5.88 Å². The third kappa shape index (κ3) is 7.68. The van der Waals surface area contributed by atoms with Gasteiger partial charge in [-0.25, -0.2) is 9.55 Å². The zero-order valence-electron chi connectivity index (χ0n) is 20.6. The van der Waals surface area contributed by atoms with Crippen molar-refractivity contribution < 1.29 is 41.9 Å². The number of aromatic nitrogens is 4. The van der Waals surface area contributed by atoms with E-state index in [-0.39, 0.29) is 56.2 Å². The Kier molecular flexibility index (Phi) is 10.1. The van der Waals surface area contributed by atoms with Crippen LogP contribution < -0.4 is 10.5 Å². The minimum absolute atomic E-state index is 0.0337. The number of fused-ring (bicyclic) bond motifs is 1. The van der Waals surface area contributed by atoms with Gasteiger partial charge in [-0.1, -0.05) is 20.3 Å². The molecule has 0 bridgehead atoms. The van der Waals surface area contributed by atoms with Gasteiger partial charge < -0.3 is 19.9 Å². The first-order valence-electron chi connectivity index (χ1n) is 11.8. The van der Waals surface area contributed by atoms with Crippen LogP contribution >= 0.6 is 7.82 Å². The number of hydrogen-bond acceptors (Lipinski definition) is 13. The second kappa shape index (κ2) is 13.1. The minimum Gasteiger partial charge on any atom is -0.463 e. The van der Waals surface area contributed by atoms with Crippen LogP contribution in [0.15, 0.2) is 6.33 Å². The molecule has 0 aliphatic carbocycles. The number of carbonyl (C=O) groups excluding carboxylic acids is 2. The molecule has 36 heavy (non-hydrogen) atoms. The summed E-state index contributed by atoms with van der Waals surface area (Å²) in [6.07, 6.45) is 3.55. The Morgan fingerprint density at radius 1 is 1.17 bits per heavy atom. The summed E-state index contributed by atoms with van der Waals surface area (Å²) in [7, 11) is -3.89. The Morgan fingerprint density at radius 2 is 1.94 bits per heavy atom. The molecule has 0 amide bonds. The molecule has 0 radical (unpaired) electrons. The number of phosphoric acid groups is 1. The lowest BCUT2D eigenvalue weighted by molar-refractivity contribution is -0.144. The zero-order chi connectivity index (χ0) is 26.1. The Bertz CT molecular complexity index is 1100. The molecule has 1 fully saturated rings. The van der Waals surface area contributed by atoms with Crippen molar-refractivity contribution in [3.05, 3.63) is 6.33 Å². The maximum absolute atomic E-state index is 13.1.